The quantitative estimate of drug-likeness (QED) is 0.213. The first-order valence-electron chi connectivity index (χ1n) is 13.0. The lowest BCUT2D eigenvalue weighted by Gasteiger charge is -2.25. The summed E-state index contributed by atoms with van der Waals surface area (Å²) in [7, 11) is 0. The number of hydrogen-bond acceptors (Lipinski definition) is 1. The fourth-order valence-electron chi connectivity index (χ4n) is 6.32. The third-order valence-corrected chi connectivity index (χ3v) is 9.21. The van der Waals surface area contributed by atoms with Crippen LogP contribution in [-0.4, -0.2) is 0 Å². The van der Waals surface area contributed by atoms with E-state index in [1.54, 1.807) is 0 Å². The van der Waals surface area contributed by atoms with E-state index in [0.29, 0.717) is 11.8 Å². The molecule has 1 heterocycles. The molecule has 1 heteroatoms. The number of allylic oxidation sites excluding steroid dienone is 8. The number of hydrogen-bond donors (Lipinski definition) is 0. The summed E-state index contributed by atoms with van der Waals surface area (Å²) >= 11 is 1.91. The van der Waals surface area contributed by atoms with E-state index in [-0.39, 0.29) is 0 Å². The van der Waals surface area contributed by atoms with Crippen LogP contribution in [0.2, 0.25) is 0 Å². The molecule has 1 aromatic heterocycles. The molecule has 37 heavy (non-hydrogen) atoms. The zero-order valence-electron chi connectivity index (χ0n) is 20.3. The molecular weight excluding hydrogens is 464 g/mol. The van der Waals surface area contributed by atoms with Gasteiger partial charge < -0.3 is 0 Å². The van der Waals surface area contributed by atoms with Gasteiger partial charge in [0.2, 0.25) is 0 Å². The fraction of sp³-hybridized carbons (Fsp3) is 0.0556. The summed E-state index contributed by atoms with van der Waals surface area (Å²) in [5.74, 6) is 0.866. The van der Waals surface area contributed by atoms with Gasteiger partial charge in [-0.2, -0.15) is 0 Å². The predicted molar refractivity (Wildman–Crippen MR) is 162 cm³/mol. The van der Waals surface area contributed by atoms with Crippen LogP contribution in [0.5, 0.6) is 0 Å². The lowest BCUT2D eigenvalue weighted by molar-refractivity contribution is 0.663. The highest BCUT2D eigenvalue weighted by Gasteiger charge is 2.23. The summed E-state index contributed by atoms with van der Waals surface area (Å²) in [5, 5.41) is 7.96. The molecule has 8 rings (SSSR count). The minimum atomic E-state index is 0.412. The van der Waals surface area contributed by atoms with Crippen molar-refractivity contribution >= 4 is 58.6 Å². The SMILES string of the molecule is C1=CC2C=CC(c3c4ccccc4c(-c4cccc5c4sc4ccccc45)c4ccccc34)=CC2C=C1. The average molecular weight is 489 g/mol. The summed E-state index contributed by atoms with van der Waals surface area (Å²) in [4.78, 5) is 0. The van der Waals surface area contributed by atoms with Crippen molar-refractivity contribution in [3.05, 3.63) is 139 Å². The van der Waals surface area contributed by atoms with Gasteiger partial charge in [0.15, 0.2) is 0 Å². The minimum absolute atomic E-state index is 0.412. The molecule has 5 aromatic carbocycles. The Balaban J connectivity index is 1.48. The van der Waals surface area contributed by atoms with E-state index in [1.807, 2.05) is 11.3 Å². The van der Waals surface area contributed by atoms with Gasteiger partial charge >= 0.3 is 0 Å². The van der Waals surface area contributed by atoms with Crippen molar-refractivity contribution in [3.8, 4) is 11.1 Å². The molecule has 0 nitrogen and oxygen atoms in total. The first-order valence-corrected chi connectivity index (χ1v) is 13.8. The Bertz CT molecular complexity index is 1940. The van der Waals surface area contributed by atoms with Crippen molar-refractivity contribution in [3.63, 3.8) is 0 Å². The number of thiophene rings is 1. The third-order valence-electron chi connectivity index (χ3n) is 7.99. The van der Waals surface area contributed by atoms with Crippen LogP contribution in [0.25, 0.3) is 58.4 Å². The van der Waals surface area contributed by atoms with E-state index in [0.717, 1.165) is 0 Å². The van der Waals surface area contributed by atoms with Crippen LogP contribution in [0.1, 0.15) is 5.56 Å². The van der Waals surface area contributed by atoms with Gasteiger partial charge in [0.25, 0.3) is 0 Å². The molecule has 2 atom stereocenters. The van der Waals surface area contributed by atoms with Crippen LogP contribution in [0, 0.1) is 11.8 Å². The average Bonchev–Trinajstić information content (AvgIpc) is 3.35. The molecule has 2 aliphatic rings. The molecule has 0 bridgehead atoms. The van der Waals surface area contributed by atoms with Crippen LogP contribution in [-0.2, 0) is 0 Å². The molecule has 0 spiro atoms. The Kier molecular flexibility index (Phi) is 4.62. The first-order chi connectivity index (χ1) is 18.4. The van der Waals surface area contributed by atoms with E-state index in [4.69, 9.17) is 0 Å². The second-order valence-corrected chi connectivity index (χ2v) is 11.1. The van der Waals surface area contributed by atoms with E-state index < -0.39 is 0 Å². The highest BCUT2D eigenvalue weighted by Crippen LogP contribution is 2.47. The molecule has 0 radical (unpaired) electrons. The number of fused-ring (bicyclic) bond motifs is 6. The van der Waals surface area contributed by atoms with Crippen molar-refractivity contribution in [1.29, 1.82) is 0 Å². The Labute approximate surface area is 220 Å². The monoisotopic (exact) mass is 488 g/mol. The van der Waals surface area contributed by atoms with Gasteiger partial charge in [-0.15, -0.1) is 11.3 Å². The Morgan fingerprint density at radius 3 is 1.81 bits per heavy atom. The van der Waals surface area contributed by atoms with E-state index >= 15 is 0 Å². The molecule has 0 N–H and O–H groups in total. The summed E-state index contributed by atoms with van der Waals surface area (Å²) < 4.78 is 2.71. The van der Waals surface area contributed by atoms with Crippen LogP contribution >= 0.6 is 11.3 Å². The van der Waals surface area contributed by atoms with E-state index in [2.05, 4.69) is 134 Å². The van der Waals surface area contributed by atoms with Gasteiger partial charge in [-0.3, -0.25) is 0 Å². The van der Waals surface area contributed by atoms with Crippen molar-refractivity contribution < 1.29 is 0 Å². The van der Waals surface area contributed by atoms with E-state index in [9.17, 15) is 0 Å². The smallest absolute Gasteiger partial charge is 0.0434 e. The zero-order chi connectivity index (χ0) is 24.3. The van der Waals surface area contributed by atoms with Gasteiger partial charge in [0.1, 0.15) is 0 Å². The molecule has 6 aromatic rings. The molecule has 2 unspecified atom stereocenters. The molecule has 0 aliphatic heterocycles. The summed E-state index contributed by atoms with van der Waals surface area (Å²) in [6.45, 7) is 0. The maximum atomic E-state index is 2.46. The van der Waals surface area contributed by atoms with Crippen molar-refractivity contribution in [1.82, 2.24) is 0 Å². The van der Waals surface area contributed by atoms with Gasteiger partial charge in [0.05, 0.1) is 0 Å². The van der Waals surface area contributed by atoms with Gasteiger partial charge in [0, 0.05) is 37.6 Å². The normalized spacial score (nSPS) is 18.6. The van der Waals surface area contributed by atoms with Crippen LogP contribution < -0.4 is 0 Å². The Morgan fingerprint density at radius 1 is 0.486 bits per heavy atom. The molecule has 0 amide bonds. The molecule has 0 saturated carbocycles. The minimum Gasteiger partial charge on any atom is -0.135 e. The van der Waals surface area contributed by atoms with Gasteiger partial charge in [-0.05, 0) is 44.3 Å². The molecule has 0 fully saturated rings. The zero-order valence-corrected chi connectivity index (χ0v) is 21.1. The maximum Gasteiger partial charge on any atom is 0.0434 e. The number of rotatable bonds is 2. The second kappa shape index (κ2) is 8.16. The second-order valence-electron chi connectivity index (χ2n) is 10.0. The first kappa shape index (κ1) is 20.9. The molecule has 0 saturated heterocycles. The van der Waals surface area contributed by atoms with Gasteiger partial charge in [-0.1, -0.05) is 127 Å². The third kappa shape index (κ3) is 3.14. The number of benzene rings is 5. The molecule has 2 aliphatic carbocycles. The Morgan fingerprint density at radius 2 is 1.08 bits per heavy atom. The lowest BCUT2D eigenvalue weighted by atomic mass is 9.79. The summed E-state index contributed by atoms with van der Waals surface area (Å²) in [6.07, 6.45) is 16.2. The highest BCUT2D eigenvalue weighted by atomic mass is 32.1. The largest absolute Gasteiger partial charge is 0.135 e. The Hall–Kier alpha value is -4.20. The highest BCUT2D eigenvalue weighted by molar-refractivity contribution is 7.26. The molecular formula is C36H24S. The van der Waals surface area contributed by atoms with Crippen molar-refractivity contribution in [2.45, 2.75) is 0 Å². The fourth-order valence-corrected chi connectivity index (χ4v) is 7.54. The van der Waals surface area contributed by atoms with E-state index in [1.165, 1.54) is 64.0 Å². The van der Waals surface area contributed by atoms with Crippen molar-refractivity contribution in [2.24, 2.45) is 11.8 Å². The van der Waals surface area contributed by atoms with Crippen LogP contribution in [0.3, 0.4) is 0 Å². The van der Waals surface area contributed by atoms with Crippen LogP contribution in [0.4, 0.5) is 0 Å². The topological polar surface area (TPSA) is 0 Å². The summed E-state index contributed by atoms with van der Waals surface area (Å²) in [5.41, 5.74) is 5.33. The van der Waals surface area contributed by atoms with Gasteiger partial charge in [-0.25, -0.2) is 0 Å². The van der Waals surface area contributed by atoms with Crippen molar-refractivity contribution in [2.75, 3.05) is 0 Å². The molecule has 174 valence electrons. The summed E-state index contributed by atoms with van der Waals surface area (Å²) in [6, 6.07) is 33.6. The van der Waals surface area contributed by atoms with Crippen LogP contribution in [0.15, 0.2) is 134 Å². The predicted octanol–water partition coefficient (Wildman–Crippen LogP) is 10.3. The lowest BCUT2D eigenvalue weighted by Crippen LogP contribution is -2.11. The standard InChI is InChI=1S/C36H24S/c1-2-11-24-22-25(21-20-23(24)10-1)34-27-13-3-5-15-29(27)35(30-16-6-4-14-28(30)34)32-18-9-17-31-26-12-7-8-19-33(26)37-36(31)32/h1-24H. The maximum absolute atomic E-state index is 2.46.